The molecule has 1 aromatic heterocycles. The molecule has 2 heterocycles. The predicted octanol–water partition coefficient (Wildman–Crippen LogP) is 3.35. The van der Waals surface area contributed by atoms with Gasteiger partial charge in [-0.05, 0) is 18.1 Å². The molecule has 0 fully saturated rings. The molecule has 162 valence electrons. The molecule has 0 unspecified atom stereocenters. The standard InChI is InChI=1S/C21H27N3O5S/c1-12(2)8-18(25)24-7-6-14-17(11-24)30-21(22-14)23-20(26)13-9-15(27-3)19(29-5)16(10-13)28-4/h9-10,12H,6-8,11H2,1-5H3,(H,22,23,26). The van der Waals surface area contributed by atoms with Crippen molar-refractivity contribution in [2.45, 2.75) is 33.2 Å². The fourth-order valence-electron chi connectivity index (χ4n) is 3.32. The molecule has 0 atom stereocenters. The van der Waals surface area contributed by atoms with Gasteiger partial charge in [0.1, 0.15) is 0 Å². The molecule has 8 nitrogen and oxygen atoms in total. The second-order valence-corrected chi connectivity index (χ2v) is 8.50. The maximum atomic E-state index is 12.8. The third-order valence-corrected chi connectivity index (χ3v) is 5.81. The molecular formula is C21H27N3O5S. The highest BCUT2D eigenvalue weighted by Gasteiger charge is 2.25. The molecule has 3 rings (SSSR count). The predicted molar refractivity (Wildman–Crippen MR) is 115 cm³/mol. The average Bonchev–Trinajstić information content (AvgIpc) is 3.13. The molecule has 0 radical (unpaired) electrons. The lowest BCUT2D eigenvalue weighted by atomic mass is 10.1. The molecule has 30 heavy (non-hydrogen) atoms. The lowest BCUT2D eigenvalue weighted by molar-refractivity contribution is -0.132. The molecule has 0 saturated carbocycles. The number of carbonyl (C=O) groups is 2. The number of ether oxygens (including phenoxy) is 3. The molecule has 9 heteroatoms. The van der Waals surface area contributed by atoms with Gasteiger partial charge in [-0.25, -0.2) is 4.98 Å². The van der Waals surface area contributed by atoms with E-state index in [0.717, 1.165) is 10.6 Å². The summed E-state index contributed by atoms with van der Waals surface area (Å²) in [5, 5.41) is 3.36. The topological polar surface area (TPSA) is 90.0 Å². The van der Waals surface area contributed by atoms with Crippen LogP contribution in [-0.2, 0) is 17.8 Å². The summed E-state index contributed by atoms with van der Waals surface area (Å²) in [5.41, 5.74) is 1.31. The van der Waals surface area contributed by atoms with Gasteiger partial charge in [0, 0.05) is 29.8 Å². The van der Waals surface area contributed by atoms with E-state index in [0.29, 0.717) is 59.8 Å². The molecule has 1 aliphatic heterocycles. The summed E-state index contributed by atoms with van der Waals surface area (Å²) in [7, 11) is 4.51. The van der Waals surface area contributed by atoms with Crippen molar-refractivity contribution in [3.05, 3.63) is 28.3 Å². The minimum absolute atomic E-state index is 0.159. The van der Waals surface area contributed by atoms with Gasteiger partial charge in [-0.1, -0.05) is 25.2 Å². The van der Waals surface area contributed by atoms with Crippen molar-refractivity contribution in [1.29, 1.82) is 0 Å². The Morgan fingerprint density at radius 3 is 2.40 bits per heavy atom. The summed E-state index contributed by atoms with van der Waals surface area (Å²) >= 11 is 1.40. The van der Waals surface area contributed by atoms with E-state index in [4.69, 9.17) is 14.2 Å². The van der Waals surface area contributed by atoms with E-state index in [2.05, 4.69) is 10.3 Å². The van der Waals surface area contributed by atoms with Crippen LogP contribution in [0.1, 0.15) is 41.2 Å². The van der Waals surface area contributed by atoms with Gasteiger partial charge >= 0.3 is 0 Å². The Labute approximate surface area is 180 Å². The summed E-state index contributed by atoms with van der Waals surface area (Å²) in [6.07, 6.45) is 1.23. The van der Waals surface area contributed by atoms with Crippen molar-refractivity contribution in [2.24, 2.45) is 5.92 Å². The number of thiazole rings is 1. The largest absolute Gasteiger partial charge is 0.493 e. The Bertz CT molecular complexity index is 916. The number of nitrogens with one attached hydrogen (secondary N) is 1. The number of benzene rings is 1. The third-order valence-electron chi connectivity index (χ3n) is 4.81. The maximum absolute atomic E-state index is 12.8. The van der Waals surface area contributed by atoms with Crippen molar-refractivity contribution < 1.29 is 23.8 Å². The van der Waals surface area contributed by atoms with Crippen LogP contribution in [0.3, 0.4) is 0 Å². The highest BCUT2D eigenvalue weighted by molar-refractivity contribution is 7.15. The van der Waals surface area contributed by atoms with Crippen molar-refractivity contribution >= 4 is 28.3 Å². The van der Waals surface area contributed by atoms with Crippen molar-refractivity contribution in [3.63, 3.8) is 0 Å². The number of hydrogen-bond donors (Lipinski definition) is 1. The summed E-state index contributed by atoms with van der Waals surface area (Å²) in [6, 6.07) is 3.19. The van der Waals surface area contributed by atoms with Gasteiger partial charge in [-0.2, -0.15) is 0 Å². The zero-order valence-corrected chi connectivity index (χ0v) is 18.7. The number of nitrogens with zero attached hydrogens (tertiary/aromatic N) is 2. The molecule has 2 aromatic rings. The van der Waals surface area contributed by atoms with Crippen molar-refractivity contribution in [1.82, 2.24) is 9.88 Å². The normalized spacial score (nSPS) is 13.1. The molecule has 0 spiro atoms. The Morgan fingerprint density at radius 1 is 1.17 bits per heavy atom. The fourth-order valence-corrected chi connectivity index (χ4v) is 4.34. The van der Waals surface area contributed by atoms with Gasteiger partial charge in [0.15, 0.2) is 16.6 Å². The number of amides is 2. The number of aromatic nitrogens is 1. The first-order chi connectivity index (χ1) is 14.4. The van der Waals surface area contributed by atoms with Crippen molar-refractivity contribution in [3.8, 4) is 17.2 Å². The smallest absolute Gasteiger partial charge is 0.257 e. The van der Waals surface area contributed by atoms with Crippen LogP contribution in [-0.4, -0.2) is 49.6 Å². The Balaban J connectivity index is 1.75. The third kappa shape index (κ3) is 4.67. The quantitative estimate of drug-likeness (QED) is 0.720. The molecule has 0 aliphatic carbocycles. The van der Waals surface area contributed by atoms with E-state index in [1.165, 1.54) is 32.7 Å². The van der Waals surface area contributed by atoms with Gasteiger partial charge < -0.3 is 19.1 Å². The van der Waals surface area contributed by atoms with Crippen LogP contribution in [0, 0.1) is 5.92 Å². The molecular weight excluding hydrogens is 406 g/mol. The Hall–Kier alpha value is -2.81. The van der Waals surface area contributed by atoms with Crippen LogP contribution >= 0.6 is 11.3 Å². The molecule has 2 amide bonds. The highest BCUT2D eigenvalue weighted by Crippen LogP contribution is 2.38. The van der Waals surface area contributed by atoms with E-state index in [1.54, 1.807) is 12.1 Å². The first-order valence-electron chi connectivity index (χ1n) is 9.74. The molecule has 1 aliphatic rings. The molecule has 1 N–H and O–H groups in total. The minimum Gasteiger partial charge on any atom is -0.493 e. The Kier molecular flexibility index (Phi) is 6.81. The Morgan fingerprint density at radius 2 is 1.83 bits per heavy atom. The number of methoxy groups -OCH3 is 3. The summed E-state index contributed by atoms with van der Waals surface area (Å²) in [6.45, 7) is 5.27. The highest BCUT2D eigenvalue weighted by atomic mass is 32.1. The lowest BCUT2D eigenvalue weighted by Gasteiger charge is -2.26. The van der Waals surface area contributed by atoms with E-state index >= 15 is 0 Å². The van der Waals surface area contributed by atoms with Crippen LogP contribution < -0.4 is 19.5 Å². The van der Waals surface area contributed by atoms with Crippen LogP contribution in [0.25, 0.3) is 0 Å². The second-order valence-electron chi connectivity index (χ2n) is 7.42. The summed E-state index contributed by atoms with van der Waals surface area (Å²) in [4.78, 5) is 32.6. The maximum Gasteiger partial charge on any atom is 0.257 e. The summed E-state index contributed by atoms with van der Waals surface area (Å²) in [5.74, 6) is 1.39. The van der Waals surface area contributed by atoms with Gasteiger partial charge in [-0.3, -0.25) is 14.9 Å². The molecule has 0 saturated heterocycles. The van der Waals surface area contributed by atoms with E-state index < -0.39 is 0 Å². The van der Waals surface area contributed by atoms with E-state index in [-0.39, 0.29) is 11.8 Å². The first kappa shape index (κ1) is 21.9. The monoisotopic (exact) mass is 433 g/mol. The zero-order valence-electron chi connectivity index (χ0n) is 17.9. The molecule has 0 bridgehead atoms. The second kappa shape index (κ2) is 9.34. The van der Waals surface area contributed by atoms with E-state index in [1.807, 2.05) is 18.7 Å². The number of carbonyl (C=O) groups excluding carboxylic acids is 2. The zero-order chi connectivity index (χ0) is 21.8. The van der Waals surface area contributed by atoms with Crippen LogP contribution in [0.2, 0.25) is 0 Å². The molecule has 1 aromatic carbocycles. The number of anilines is 1. The number of rotatable bonds is 7. The van der Waals surface area contributed by atoms with Crippen molar-refractivity contribution in [2.75, 3.05) is 33.2 Å². The number of hydrogen-bond acceptors (Lipinski definition) is 7. The fraction of sp³-hybridized carbons (Fsp3) is 0.476. The SMILES string of the molecule is COc1cc(C(=O)Nc2nc3c(s2)CN(C(=O)CC(C)C)CC3)cc(OC)c1OC. The van der Waals surface area contributed by atoms with Crippen LogP contribution in [0.5, 0.6) is 17.2 Å². The van der Waals surface area contributed by atoms with Gasteiger partial charge in [0.25, 0.3) is 5.91 Å². The van der Waals surface area contributed by atoms with E-state index in [9.17, 15) is 9.59 Å². The summed E-state index contributed by atoms with van der Waals surface area (Å²) < 4.78 is 15.9. The first-order valence-corrected chi connectivity index (χ1v) is 10.6. The van der Waals surface area contributed by atoms with Crippen LogP contribution in [0.15, 0.2) is 12.1 Å². The number of fused-ring (bicyclic) bond motifs is 1. The average molecular weight is 434 g/mol. The van der Waals surface area contributed by atoms with Gasteiger partial charge in [0.2, 0.25) is 11.7 Å². The van der Waals surface area contributed by atoms with Gasteiger partial charge in [0.05, 0.1) is 33.6 Å². The van der Waals surface area contributed by atoms with Gasteiger partial charge in [-0.15, -0.1) is 0 Å². The lowest BCUT2D eigenvalue weighted by Crippen LogP contribution is -2.36. The van der Waals surface area contributed by atoms with Crippen LogP contribution in [0.4, 0.5) is 5.13 Å². The minimum atomic E-state index is -0.326.